The highest BCUT2D eigenvalue weighted by Gasteiger charge is 2.31. The number of rotatable bonds is 5. The molecular weight excluding hydrogens is 338 g/mol. The summed E-state index contributed by atoms with van der Waals surface area (Å²) in [7, 11) is 0. The molecule has 1 aromatic carbocycles. The fourth-order valence-corrected chi connectivity index (χ4v) is 2.64. The number of ether oxygens (including phenoxy) is 1. The van der Waals surface area contributed by atoms with E-state index in [4.69, 9.17) is 9.84 Å². The molecule has 114 valence electrons. The minimum atomic E-state index is -0.507. The second kappa shape index (κ2) is 7.04. The van der Waals surface area contributed by atoms with Crippen LogP contribution < -0.4 is 0 Å². The lowest BCUT2D eigenvalue weighted by atomic mass is 10.0. The van der Waals surface area contributed by atoms with Gasteiger partial charge in [-0.3, -0.25) is 4.79 Å². The lowest BCUT2D eigenvalue weighted by Crippen LogP contribution is -2.44. The van der Waals surface area contributed by atoms with Crippen molar-refractivity contribution in [3.63, 3.8) is 0 Å². The Balaban J connectivity index is 1.98. The van der Waals surface area contributed by atoms with E-state index in [9.17, 15) is 9.59 Å². The number of amides is 1. The zero-order valence-electron chi connectivity index (χ0n) is 11.8. The van der Waals surface area contributed by atoms with Gasteiger partial charge in [0.2, 0.25) is 0 Å². The van der Waals surface area contributed by atoms with Crippen molar-refractivity contribution < 1.29 is 19.4 Å². The van der Waals surface area contributed by atoms with Crippen molar-refractivity contribution in [1.82, 2.24) is 4.90 Å². The van der Waals surface area contributed by atoms with E-state index in [2.05, 4.69) is 15.9 Å². The topological polar surface area (TPSA) is 66.8 Å². The summed E-state index contributed by atoms with van der Waals surface area (Å²) < 4.78 is 6.27. The predicted molar refractivity (Wildman–Crippen MR) is 80.9 cm³/mol. The van der Waals surface area contributed by atoms with Gasteiger partial charge in [0.15, 0.2) is 5.78 Å². The maximum absolute atomic E-state index is 12.1. The number of hydrogen-bond acceptors (Lipinski definition) is 4. The molecule has 21 heavy (non-hydrogen) atoms. The standard InChI is InChI=1S/C15H18BrNO4/c1-10(11-2-4-12(16)5-3-11)17-7-6-14(21-15(17)20)8-13(19)9-18/h2-5,10,14,18H,6-9H2,1H3. The van der Waals surface area contributed by atoms with Gasteiger partial charge < -0.3 is 14.7 Å². The number of cyclic esters (lactones) is 1. The molecule has 1 aliphatic rings. The van der Waals surface area contributed by atoms with Crippen LogP contribution in [0.1, 0.15) is 31.4 Å². The third kappa shape index (κ3) is 4.04. The van der Waals surface area contributed by atoms with Crippen LogP contribution in [-0.2, 0) is 9.53 Å². The molecule has 0 bridgehead atoms. The molecule has 1 fully saturated rings. The number of carbonyl (C=O) groups excluding carboxylic acids is 2. The Hall–Kier alpha value is -1.40. The van der Waals surface area contributed by atoms with Gasteiger partial charge in [-0.25, -0.2) is 4.79 Å². The first-order chi connectivity index (χ1) is 10.0. The molecule has 5 nitrogen and oxygen atoms in total. The summed E-state index contributed by atoms with van der Waals surface area (Å²) in [4.78, 5) is 24.9. The number of nitrogens with zero attached hydrogens (tertiary/aromatic N) is 1. The normalized spacial score (nSPS) is 20.0. The molecule has 0 saturated carbocycles. The van der Waals surface area contributed by atoms with Crippen LogP contribution in [0.5, 0.6) is 0 Å². The molecule has 2 atom stereocenters. The van der Waals surface area contributed by atoms with E-state index in [-0.39, 0.29) is 18.2 Å². The molecule has 0 spiro atoms. The van der Waals surface area contributed by atoms with Crippen LogP contribution in [0.25, 0.3) is 0 Å². The van der Waals surface area contributed by atoms with Crippen LogP contribution in [0.15, 0.2) is 28.7 Å². The molecule has 1 amide bonds. The fourth-order valence-electron chi connectivity index (χ4n) is 2.38. The van der Waals surface area contributed by atoms with Crippen molar-refractivity contribution in [1.29, 1.82) is 0 Å². The van der Waals surface area contributed by atoms with Crippen LogP contribution in [0.2, 0.25) is 0 Å². The zero-order valence-corrected chi connectivity index (χ0v) is 13.4. The number of aliphatic hydroxyl groups excluding tert-OH is 1. The molecule has 1 heterocycles. The third-order valence-corrected chi connectivity index (χ3v) is 4.17. The summed E-state index contributed by atoms with van der Waals surface area (Å²) in [5.41, 5.74) is 1.03. The Morgan fingerprint density at radius 2 is 2.14 bits per heavy atom. The molecule has 0 aromatic heterocycles. The lowest BCUT2D eigenvalue weighted by molar-refractivity contribution is -0.124. The first kappa shape index (κ1) is 16.0. The van der Waals surface area contributed by atoms with E-state index < -0.39 is 18.8 Å². The van der Waals surface area contributed by atoms with Crippen molar-refractivity contribution >= 4 is 27.8 Å². The Bertz CT molecular complexity index is 517. The molecule has 2 unspecified atom stereocenters. The van der Waals surface area contributed by atoms with Crippen molar-refractivity contribution in [2.24, 2.45) is 0 Å². The van der Waals surface area contributed by atoms with Crippen LogP contribution in [0.3, 0.4) is 0 Å². The summed E-state index contributed by atoms with van der Waals surface area (Å²) in [5, 5.41) is 8.74. The van der Waals surface area contributed by atoms with Crippen LogP contribution in [-0.4, -0.2) is 41.1 Å². The highest BCUT2D eigenvalue weighted by Crippen LogP contribution is 2.27. The molecule has 0 aliphatic carbocycles. The van der Waals surface area contributed by atoms with Gasteiger partial charge in [-0.15, -0.1) is 0 Å². The molecule has 1 aliphatic heterocycles. The first-order valence-corrected chi connectivity index (χ1v) is 7.66. The second-order valence-corrected chi connectivity index (χ2v) is 6.03. The van der Waals surface area contributed by atoms with Gasteiger partial charge >= 0.3 is 6.09 Å². The van der Waals surface area contributed by atoms with Gasteiger partial charge in [-0.2, -0.15) is 0 Å². The third-order valence-electron chi connectivity index (χ3n) is 3.65. The molecule has 1 aromatic rings. The minimum Gasteiger partial charge on any atom is -0.446 e. The number of carbonyl (C=O) groups is 2. The Morgan fingerprint density at radius 1 is 1.48 bits per heavy atom. The molecular formula is C15H18BrNO4. The van der Waals surface area contributed by atoms with Gasteiger partial charge in [-0.1, -0.05) is 28.1 Å². The van der Waals surface area contributed by atoms with Gasteiger partial charge in [0.1, 0.15) is 12.7 Å². The zero-order chi connectivity index (χ0) is 15.4. The molecule has 1 N–H and O–H groups in total. The van der Waals surface area contributed by atoms with E-state index in [0.29, 0.717) is 13.0 Å². The molecule has 6 heteroatoms. The number of halogens is 1. The number of Topliss-reactive ketones (excluding diaryl/α,β-unsaturated/α-hetero) is 1. The summed E-state index contributed by atoms with van der Waals surface area (Å²) in [6.45, 7) is 1.98. The summed E-state index contributed by atoms with van der Waals surface area (Å²) in [5.74, 6) is -0.304. The molecule has 0 radical (unpaired) electrons. The minimum absolute atomic E-state index is 0.0832. The second-order valence-electron chi connectivity index (χ2n) is 5.12. The SMILES string of the molecule is CC(c1ccc(Br)cc1)N1CCC(CC(=O)CO)OC1=O. The fraction of sp³-hybridized carbons (Fsp3) is 0.467. The predicted octanol–water partition coefficient (Wildman–Crippen LogP) is 2.67. The van der Waals surface area contributed by atoms with Gasteiger partial charge in [-0.05, 0) is 24.6 Å². The van der Waals surface area contributed by atoms with Crippen molar-refractivity contribution in [2.75, 3.05) is 13.2 Å². The van der Waals surface area contributed by atoms with E-state index in [1.54, 1.807) is 4.90 Å². The Kier molecular flexibility index (Phi) is 5.36. The number of aliphatic hydroxyl groups is 1. The number of hydrogen-bond donors (Lipinski definition) is 1. The Labute approximate surface area is 132 Å². The van der Waals surface area contributed by atoms with Crippen LogP contribution in [0, 0.1) is 0 Å². The number of benzene rings is 1. The van der Waals surface area contributed by atoms with Crippen LogP contribution >= 0.6 is 15.9 Å². The molecule has 1 saturated heterocycles. The van der Waals surface area contributed by atoms with Gasteiger partial charge in [0.05, 0.1) is 6.04 Å². The van der Waals surface area contributed by atoms with Crippen LogP contribution in [0.4, 0.5) is 4.79 Å². The summed E-state index contributed by atoms with van der Waals surface area (Å²) in [6, 6.07) is 7.71. The highest BCUT2D eigenvalue weighted by atomic mass is 79.9. The van der Waals surface area contributed by atoms with Crippen molar-refractivity contribution in [2.45, 2.75) is 31.9 Å². The van der Waals surface area contributed by atoms with Gasteiger partial charge in [0.25, 0.3) is 0 Å². The average Bonchev–Trinajstić information content (AvgIpc) is 2.47. The molecule has 2 rings (SSSR count). The lowest BCUT2D eigenvalue weighted by Gasteiger charge is -2.35. The summed E-state index contributed by atoms with van der Waals surface area (Å²) >= 11 is 3.38. The Morgan fingerprint density at radius 3 is 2.71 bits per heavy atom. The van der Waals surface area contributed by atoms with E-state index in [1.807, 2.05) is 31.2 Å². The smallest absolute Gasteiger partial charge is 0.410 e. The maximum Gasteiger partial charge on any atom is 0.410 e. The van der Waals surface area contributed by atoms with E-state index in [0.717, 1.165) is 10.0 Å². The first-order valence-electron chi connectivity index (χ1n) is 6.86. The largest absolute Gasteiger partial charge is 0.446 e. The number of ketones is 1. The van der Waals surface area contributed by atoms with Crippen molar-refractivity contribution in [3.05, 3.63) is 34.3 Å². The van der Waals surface area contributed by atoms with E-state index in [1.165, 1.54) is 0 Å². The van der Waals surface area contributed by atoms with Gasteiger partial charge in [0, 0.05) is 23.9 Å². The highest BCUT2D eigenvalue weighted by molar-refractivity contribution is 9.10. The van der Waals surface area contributed by atoms with Crippen molar-refractivity contribution in [3.8, 4) is 0 Å². The monoisotopic (exact) mass is 355 g/mol. The quantitative estimate of drug-likeness (QED) is 0.881. The van der Waals surface area contributed by atoms with E-state index >= 15 is 0 Å². The maximum atomic E-state index is 12.1. The average molecular weight is 356 g/mol. The summed E-state index contributed by atoms with van der Waals surface area (Å²) in [6.07, 6.45) is -0.154.